The molecule has 0 spiro atoms. The highest BCUT2D eigenvalue weighted by atomic mass is 32.2. The molecule has 2 rings (SSSR count). The summed E-state index contributed by atoms with van der Waals surface area (Å²) in [6.07, 6.45) is 1.25. The largest absolute Gasteiger partial charge is 0.279 e. The third kappa shape index (κ3) is 5.12. The van der Waals surface area contributed by atoms with Crippen molar-refractivity contribution in [2.75, 3.05) is 4.72 Å². The van der Waals surface area contributed by atoms with Crippen LogP contribution in [0.2, 0.25) is 0 Å². The van der Waals surface area contributed by atoms with Gasteiger partial charge < -0.3 is 0 Å². The average molecular weight is 381 g/mol. The number of rotatable bonds is 5. The zero-order valence-corrected chi connectivity index (χ0v) is 14.2. The van der Waals surface area contributed by atoms with E-state index in [9.17, 15) is 21.2 Å². The van der Waals surface area contributed by atoms with E-state index in [1.165, 1.54) is 30.3 Å². The summed E-state index contributed by atoms with van der Waals surface area (Å²) in [6.45, 7) is 0. The van der Waals surface area contributed by atoms with Gasteiger partial charge in [0, 0.05) is 0 Å². The van der Waals surface area contributed by atoms with Gasteiger partial charge in [-0.3, -0.25) is 4.72 Å². The molecule has 0 fully saturated rings. The second-order valence-electron chi connectivity index (χ2n) is 4.87. The summed E-state index contributed by atoms with van der Waals surface area (Å²) >= 11 is 0. The first-order valence-electron chi connectivity index (χ1n) is 6.64. The molecule has 0 atom stereocenters. The molecule has 0 saturated heterocycles. The van der Waals surface area contributed by atoms with Crippen LogP contribution in [0.5, 0.6) is 0 Å². The Bertz CT molecular complexity index is 1070. The van der Waals surface area contributed by atoms with Crippen LogP contribution in [0.1, 0.15) is 11.1 Å². The van der Waals surface area contributed by atoms with Gasteiger partial charge in [0.05, 0.1) is 22.7 Å². The summed E-state index contributed by atoms with van der Waals surface area (Å²) in [6, 6.07) is 10.5. The third-order valence-electron chi connectivity index (χ3n) is 2.98. The molecule has 0 aromatic heterocycles. The smallest absolute Gasteiger partial charge is 0.255 e. The maximum Gasteiger partial charge on any atom is 0.255 e. The van der Waals surface area contributed by atoms with E-state index in [1.807, 2.05) is 10.8 Å². The van der Waals surface area contributed by atoms with E-state index in [0.717, 1.165) is 17.5 Å². The van der Waals surface area contributed by atoms with Crippen LogP contribution in [-0.2, 0) is 20.0 Å². The minimum atomic E-state index is -4.32. The highest BCUT2D eigenvalue weighted by molar-refractivity contribution is 7.95. The molecular weight excluding hydrogens is 369 g/mol. The first-order chi connectivity index (χ1) is 11.6. The number of hydrogen-bond acceptors (Lipinski definition) is 5. The molecule has 25 heavy (non-hydrogen) atoms. The summed E-state index contributed by atoms with van der Waals surface area (Å²) in [5, 5.41) is 14.5. The van der Waals surface area contributed by atoms with Crippen molar-refractivity contribution in [3.8, 4) is 6.07 Å². The fraction of sp³-hybridized carbons (Fsp3) is 0. The van der Waals surface area contributed by atoms with Crippen molar-refractivity contribution in [2.24, 2.45) is 5.14 Å². The van der Waals surface area contributed by atoms with Crippen molar-refractivity contribution in [1.82, 2.24) is 0 Å². The van der Waals surface area contributed by atoms with Crippen LogP contribution in [0.4, 0.5) is 10.1 Å². The van der Waals surface area contributed by atoms with Gasteiger partial charge >= 0.3 is 0 Å². The molecule has 7 nitrogen and oxygen atoms in total. The Balaban J connectivity index is 2.30. The molecule has 3 N–H and O–H groups in total. The second-order valence-corrected chi connectivity index (χ2v) is 7.97. The van der Waals surface area contributed by atoms with Gasteiger partial charge in [-0.25, -0.2) is 26.4 Å². The number of hydrogen-bond donors (Lipinski definition) is 2. The van der Waals surface area contributed by atoms with E-state index in [0.29, 0.717) is 17.2 Å². The number of halogens is 1. The summed E-state index contributed by atoms with van der Waals surface area (Å²) < 4.78 is 62.3. The minimum absolute atomic E-state index is 0.367. The van der Waals surface area contributed by atoms with Gasteiger partial charge in [0.1, 0.15) is 10.7 Å². The zero-order chi connectivity index (χ0) is 18.7. The van der Waals surface area contributed by atoms with Crippen LogP contribution < -0.4 is 9.86 Å². The molecule has 0 unspecified atom stereocenters. The molecule has 10 heteroatoms. The van der Waals surface area contributed by atoms with Crippen LogP contribution in [0.25, 0.3) is 6.08 Å². The van der Waals surface area contributed by atoms with Crippen LogP contribution in [0, 0.1) is 17.1 Å². The maximum atomic E-state index is 13.2. The summed E-state index contributed by atoms with van der Waals surface area (Å²) in [5.74, 6) is -0.875. The molecule has 2 aromatic carbocycles. The lowest BCUT2D eigenvalue weighted by atomic mass is 10.1. The van der Waals surface area contributed by atoms with Crippen LogP contribution in [-0.4, -0.2) is 16.8 Å². The van der Waals surface area contributed by atoms with Crippen LogP contribution in [0.3, 0.4) is 0 Å². The van der Waals surface area contributed by atoms with Crippen molar-refractivity contribution >= 4 is 31.8 Å². The molecule has 0 heterocycles. The molecule has 0 aliphatic heterocycles. The van der Waals surface area contributed by atoms with Gasteiger partial charge in [-0.1, -0.05) is 12.1 Å². The second kappa shape index (κ2) is 7.02. The Morgan fingerprint density at radius 3 is 2.28 bits per heavy atom. The van der Waals surface area contributed by atoms with Crippen LogP contribution in [0.15, 0.2) is 52.8 Å². The number of nitrogens with one attached hydrogen (secondary N) is 1. The van der Waals surface area contributed by atoms with Crippen molar-refractivity contribution in [3.05, 3.63) is 64.8 Å². The van der Waals surface area contributed by atoms with Crippen molar-refractivity contribution in [2.45, 2.75) is 4.90 Å². The molecule has 0 aliphatic carbocycles. The van der Waals surface area contributed by atoms with Gasteiger partial charge in [-0.15, -0.1) is 0 Å². The topological polar surface area (TPSA) is 130 Å². The number of sulfonamides is 2. The number of anilines is 1. The normalized spacial score (nSPS) is 12.0. The lowest BCUT2D eigenvalue weighted by molar-refractivity contribution is 0.593. The Labute approximate surface area is 144 Å². The molecule has 0 amide bonds. The van der Waals surface area contributed by atoms with Crippen molar-refractivity contribution in [1.29, 1.82) is 5.26 Å². The maximum absolute atomic E-state index is 13.2. The number of nitriles is 1. The van der Waals surface area contributed by atoms with Crippen molar-refractivity contribution in [3.63, 3.8) is 0 Å². The van der Waals surface area contributed by atoms with Gasteiger partial charge in [0.25, 0.3) is 10.0 Å². The highest BCUT2D eigenvalue weighted by Crippen LogP contribution is 2.22. The molecule has 130 valence electrons. The van der Waals surface area contributed by atoms with E-state index < -0.39 is 30.8 Å². The summed E-state index contributed by atoms with van der Waals surface area (Å²) in [7, 11) is -8.41. The van der Waals surface area contributed by atoms with E-state index in [1.54, 1.807) is 0 Å². The van der Waals surface area contributed by atoms with Gasteiger partial charge in [-0.2, -0.15) is 5.26 Å². The summed E-state index contributed by atoms with van der Waals surface area (Å²) in [5.41, 5.74) is 0.561. The Morgan fingerprint density at radius 1 is 1.08 bits per heavy atom. The predicted octanol–water partition coefficient (Wildman–Crippen LogP) is 1.76. The minimum Gasteiger partial charge on any atom is -0.279 e. The molecular formula is C15H12FN3O4S2. The molecule has 0 bridgehead atoms. The Morgan fingerprint density at radius 2 is 1.72 bits per heavy atom. The Kier molecular flexibility index (Phi) is 5.22. The first-order valence-corrected chi connectivity index (χ1v) is 9.73. The lowest BCUT2D eigenvalue weighted by Crippen LogP contribution is -2.17. The fourth-order valence-electron chi connectivity index (χ4n) is 1.84. The van der Waals surface area contributed by atoms with Gasteiger partial charge in [0.2, 0.25) is 10.0 Å². The van der Waals surface area contributed by atoms with E-state index in [2.05, 4.69) is 0 Å². The Hall–Kier alpha value is -2.74. The van der Waals surface area contributed by atoms with Crippen LogP contribution >= 0.6 is 0 Å². The lowest BCUT2D eigenvalue weighted by Gasteiger charge is -2.09. The molecule has 0 radical (unpaired) electrons. The average Bonchev–Trinajstić information content (AvgIpc) is 2.54. The zero-order valence-electron chi connectivity index (χ0n) is 12.5. The number of nitrogens with zero attached hydrogens (tertiary/aromatic N) is 1. The molecule has 2 aromatic rings. The molecule has 0 saturated carbocycles. The van der Waals surface area contributed by atoms with E-state index in [4.69, 9.17) is 10.4 Å². The predicted molar refractivity (Wildman–Crippen MR) is 90.5 cm³/mol. The quantitative estimate of drug-likeness (QED) is 0.815. The van der Waals surface area contributed by atoms with E-state index in [-0.39, 0.29) is 5.69 Å². The monoisotopic (exact) mass is 381 g/mol. The number of benzene rings is 2. The highest BCUT2D eigenvalue weighted by Gasteiger charge is 2.18. The van der Waals surface area contributed by atoms with E-state index >= 15 is 0 Å². The van der Waals surface area contributed by atoms with Gasteiger partial charge in [0.15, 0.2) is 0 Å². The van der Waals surface area contributed by atoms with Crippen molar-refractivity contribution < 1.29 is 21.2 Å². The SMILES string of the molecule is N#Cc1ccc(/C=C/S(=O)(=O)Nc2ccc(F)cc2S(N)(=O)=O)cc1. The number of nitrogens with two attached hydrogens (primary N) is 1. The summed E-state index contributed by atoms with van der Waals surface area (Å²) in [4.78, 5) is -0.678. The fourth-order valence-corrected chi connectivity index (χ4v) is 3.50. The van der Waals surface area contributed by atoms with Gasteiger partial charge in [-0.05, 0) is 42.0 Å². The first kappa shape index (κ1) is 18.6. The standard InChI is InChI=1S/C15H12FN3O4S2/c16-13-5-6-14(15(9-13)25(18,22)23)19-24(20,21)8-7-11-1-3-12(10-17)4-2-11/h1-9,19H,(H2,18,22,23)/b8-7+. The number of primary sulfonamides is 1. The molecule has 0 aliphatic rings. The third-order valence-corrected chi connectivity index (χ3v) is 4.93.